The van der Waals surface area contributed by atoms with Crippen molar-refractivity contribution < 1.29 is 9.84 Å². The third-order valence-electron chi connectivity index (χ3n) is 4.55. The number of methoxy groups -OCH3 is 1. The molecule has 88 valence electrons. The highest BCUT2D eigenvalue weighted by Gasteiger charge is 2.48. The molecule has 0 radical (unpaired) electrons. The molecule has 3 atom stereocenters. The van der Waals surface area contributed by atoms with Gasteiger partial charge in [-0.15, -0.1) is 0 Å². The van der Waals surface area contributed by atoms with Gasteiger partial charge in [0.05, 0.1) is 12.2 Å². The zero-order chi connectivity index (χ0) is 10.9. The molecule has 2 fully saturated rings. The molecular formula is C13H24O2. The summed E-state index contributed by atoms with van der Waals surface area (Å²) in [5, 5.41) is 10.5. The van der Waals surface area contributed by atoms with Crippen molar-refractivity contribution in [1.29, 1.82) is 0 Å². The van der Waals surface area contributed by atoms with Gasteiger partial charge in [0.15, 0.2) is 0 Å². The topological polar surface area (TPSA) is 29.5 Å². The van der Waals surface area contributed by atoms with Crippen LogP contribution in [0.1, 0.15) is 51.9 Å². The Kier molecular flexibility index (Phi) is 3.09. The number of hydrogen-bond acceptors (Lipinski definition) is 2. The molecule has 15 heavy (non-hydrogen) atoms. The molecule has 2 aliphatic carbocycles. The molecule has 0 aliphatic heterocycles. The molecule has 2 rings (SSSR count). The van der Waals surface area contributed by atoms with Gasteiger partial charge in [-0.1, -0.05) is 19.8 Å². The van der Waals surface area contributed by atoms with Gasteiger partial charge in [0.1, 0.15) is 0 Å². The molecule has 0 amide bonds. The van der Waals surface area contributed by atoms with Crippen LogP contribution in [0.3, 0.4) is 0 Å². The van der Waals surface area contributed by atoms with Crippen molar-refractivity contribution in [2.24, 2.45) is 11.3 Å². The minimum Gasteiger partial charge on any atom is -0.390 e. The SMILES string of the molecule is CCC1(COC)CC2CCCC(O)(C2)C1. The van der Waals surface area contributed by atoms with E-state index in [0.717, 1.165) is 38.2 Å². The fourth-order valence-corrected chi connectivity index (χ4v) is 3.97. The van der Waals surface area contributed by atoms with Crippen molar-refractivity contribution in [3.8, 4) is 0 Å². The van der Waals surface area contributed by atoms with Crippen LogP contribution in [0, 0.1) is 11.3 Å². The summed E-state index contributed by atoms with van der Waals surface area (Å²) in [6.45, 7) is 3.06. The maximum atomic E-state index is 10.5. The van der Waals surface area contributed by atoms with E-state index in [4.69, 9.17) is 4.74 Å². The number of ether oxygens (including phenoxy) is 1. The molecule has 2 heteroatoms. The Morgan fingerprint density at radius 3 is 2.80 bits per heavy atom. The second-order valence-electron chi connectivity index (χ2n) is 5.85. The summed E-state index contributed by atoms with van der Waals surface area (Å²) in [6, 6.07) is 0. The van der Waals surface area contributed by atoms with Crippen molar-refractivity contribution in [1.82, 2.24) is 0 Å². The second kappa shape index (κ2) is 4.06. The second-order valence-corrected chi connectivity index (χ2v) is 5.85. The van der Waals surface area contributed by atoms with Crippen molar-refractivity contribution in [3.05, 3.63) is 0 Å². The molecule has 0 saturated heterocycles. The van der Waals surface area contributed by atoms with Crippen molar-refractivity contribution in [2.45, 2.75) is 57.5 Å². The van der Waals surface area contributed by atoms with Crippen molar-refractivity contribution in [2.75, 3.05) is 13.7 Å². The third kappa shape index (κ3) is 2.21. The summed E-state index contributed by atoms with van der Waals surface area (Å²) in [7, 11) is 1.78. The van der Waals surface area contributed by atoms with Gasteiger partial charge < -0.3 is 9.84 Å². The molecule has 0 spiro atoms. The lowest BCUT2D eigenvalue weighted by molar-refractivity contribution is -0.117. The lowest BCUT2D eigenvalue weighted by atomic mass is 9.58. The Balaban J connectivity index is 2.14. The van der Waals surface area contributed by atoms with Crippen LogP contribution >= 0.6 is 0 Å². The molecular weight excluding hydrogens is 188 g/mol. The summed E-state index contributed by atoms with van der Waals surface area (Å²) < 4.78 is 5.37. The molecule has 0 heterocycles. The summed E-state index contributed by atoms with van der Waals surface area (Å²) in [6.07, 6.45) is 7.94. The summed E-state index contributed by atoms with van der Waals surface area (Å²) in [5.41, 5.74) is -0.109. The minimum absolute atomic E-state index is 0.257. The highest BCUT2D eigenvalue weighted by atomic mass is 16.5. The fraction of sp³-hybridized carbons (Fsp3) is 1.00. The molecule has 1 N–H and O–H groups in total. The normalized spacial score (nSPS) is 45.4. The van der Waals surface area contributed by atoms with Crippen molar-refractivity contribution >= 4 is 0 Å². The van der Waals surface area contributed by atoms with Gasteiger partial charge in [-0.05, 0) is 43.4 Å². The zero-order valence-corrected chi connectivity index (χ0v) is 10.1. The quantitative estimate of drug-likeness (QED) is 0.779. The summed E-state index contributed by atoms with van der Waals surface area (Å²) in [4.78, 5) is 0. The summed E-state index contributed by atoms with van der Waals surface area (Å²) >= 11 is 0. The van der Waals surface area contributed by atoms with Gasteiger partial charge in [0, 0.05) is 7.11 Å². The van der Waals surface area contributed by atoms with E-state index < -0.39 is 0 Å². The van der Waals surface area contributed by atoms with E-state index in [2.05, 4.69) is 6.92 Å². The van der Waals surface area contributed by atoms with E-state index in [9.17, 15) is 5.11 Å². The molecule has 2 nitrogen and oxygen atoms in total. The van der Waals surface area contributed by atoms with E-state index >= 15 is 0 Å². The van der Waals surface area contributed by atoms with Crippen LogP contribution in [-0.2, 0) is 4.74 Å². The van der Waals surface area contributed by atoms with Crippen LogP contribution in [0.15, 0.2) is 0 Å². The molecule has 2 aliphatic rings. The van der Waals surface area contributed by atoms with Gasteiger partial charge >= 0.3 is 0 Å². The van der Waals surface area contributed by atoms with E-state index in [1.807, 2.05) is 0 Å². The van der Waals surface area contributed by atoms with Gasteiger partial charge in [0.2, 0.25) is 0 Å². The van der Waals surface area contributed by atoms with Crippen molar-refractivity contribution in [3.63, 3.8) is 0 Å². The Morgan fingerprint density at radius 1 is 1.40 bits per heavy atom. The highest BCUT2D eigenvalue weighted by molar-refractivity contribution is 4.99. The van der Waals surface area contributed by atoms with Crippen LogP contribution in [0.2, 0.25) is 0 Å². The first-order valence-corrected chi connectivity index (χ1v) is 6.33. The number of aliphatic hydroxyl groups is 1. The van der Waals surface area contributed by atoms with Gasteiger partial charge in [-0.25, -0.2) is 0 Å². The predicted molar refractivity (Wildman–Crippen MR) is 60.7 cm³/mol. The first kappa shape index (κ1) is 11.4. The maximum Gasteiger partial charge on any atom is 0.0656 e. The van der Waals surface area contributed by atoms with Crippen LogP contribution in [0.5, 0.6) is 0 Å². The number of fused-ring (bicyclic) bond motifs is 2. The average molecular weight is 212 g/mol. The maximum absolute atomic E-state index is 10.5. The van der Waals surface area contributed by atoms with Gasteiger partial charge in [0.25, 0.3) is 0 Å². The van der Waals surface area contributed by atoms with E-state index in [1.54, 1.807) is 7.11 Å². The van der Waals surface area contributed by atoms with E-state index in [0.29, 0.717) is 0 Å². The minimum atomic E-state index is -0.365. The van der Waals surface area contributed by atoms with Crippen LogP contribution in [0.4, 0.5) is 0 Å². The Hall–Kier alpha value is -0.0800. The largest absolute Gasteiger partial charge is 0.390 e. The standard InChI is InChI=1S/C13H24O2/c1-3-12(10-15-2)7-11-5-4-6-13(14,8-11)9-12/h11,14H,3-10H2,1-2H3. The smallest absolute Gasteiger partial charge is 0.0656 e. The average Bonchev–Trinajstić information content (AvgIpc) is 2.16. The van der Waals surface area contributed by atoms with Gasteiger partial charge in [-0.3, -0.25) is 0 Å². The molecule has 0 aromatic carbocycles. The first-order valence-electron chi connectivity index (χ1n) is 6.33. The highest BCUT2D eigenvalue weighted by Crippen LogP contribution is 2.52. The first-order chi connectivity index (χ1) is 7.11. The van der Waals surface area contributed by atoms with Crippen LogP contribution < -0.4 is 0 Å². The van der Waals surface area contributed by atoms with E-state index in [-0.39, 0.29) is 11.0 Å². The van der Waals surface area contributed by atoms with Crippen LogP contribution in [-0.4, -0.2) is 24.4 Å². The lowest BCUT2D eigenvalue weighted by Crippen LogP contribution is -2.48. The monoisotopic (exact) mass is 212 g/mol. The van der Waals surface area contributed by atoms with Gasteiger partial charge in [-0.2, -0.15) is 0 Å². The lowest BCUT2D eigenvalue weighted by Gasteiger charge is -2.51. The third-order valence-corrected chi connectivity index (χ3v) is 4.55. The molecule has 0 aromatic rings. The summed E-state index contributed by atoms with van der Waals surface area (Å²) in [5.74, 6) is 0.743. The Morgan fingerprint density at radius 2 is 2.20 bits per heavy atom. The molecule has 3 unspecified atom stereocenters. The Labute approximate surface area is 93.0 Å². The fourth-order valence-electron chi connectivity index (χ4n) is 3.97. The van der Waals surface area contributed by atoms with Crippen LogP contribution in [0.25, 0.3) is 0 Å². The predicted octanol–water partition coefficient (Wildman–Crippen LogP) is 2.74. The number of rotatable bonds is 3. The zero-order valence-electron chi connectivity index (χ0n) is 10.1. The Bertz CT molecular complexity index is 229. The number of hydrogen-bond donors (Lipinski definition) is 1. The molecule has 2 saturated carbocycles. The van der Waals surface area contributed by atoms with E-state index in [1.165, 1.54) is 19.3 Å². The molecule has 2 bridgehead atoms. The molecule has 0 aromatic heterocycles.